The SMILES string of the molecule is C#CCCCCCCCCCCCCCN. The zero-order chi connectivity index (χ0) is 11.9. The molecule has 0 spiro atoms. The minimum absolute atomic E-state index is 0.859. The standard InChI is InChI=1S/C15H29N/c1-2-3-4-5-6-7-8-9-10-11-12-13-14-15-16/h1H,3-16H2. The summed E-state index contributed by atoms with van der Waals surface area (Å²) in [6.07, 6.45) is 21.0. The molecule has 0 aliphatic rings. The van der Waals surface area contributed by atoms with E-state index in [1.54, 1.807) is 0 Å². The van der Waals surface area contributed by atoms with Crippen LogP contribution in [0.2, 0.25) is 0 Å². The van der Waals surface area contributed by atoms with Gasteiger partial charge in [0.2, 0.25) is 0 Å². The molecule has 0 aliphatic heterocycles. The van der Waals surface area contributed by atoms with Crippen molar-refractivity contribution in [1.29, 1.82) is 0 Å². The number of nitrogens with two attached hydrogens (primary N) is 1. The van der Waals surface area contributed by atoms with Crippen molar-refractivity contribution in [3.05, 3.63) is 0 Å². The summed E-state index contributed by atoms with van der Waals surface area (Å²) in [6, 6.07) is 0. The Labute approximate surface area is 102 Å². The lowest BCUT2D eigenvalue weighted by atomic mass is 10.1. The molecule has 16 heavy (non-hydrogen) atoms. The molecular formula is C15H29N. The number of hydrogen-bond acceptors (Lipinski definition) is 1. The van der Waals surface area contributed by atoms with Gasteiger partial charge in [-0.25, -0.2) is 0 Å². The molecule has 0 aromatic carbocycles. The van der Waals surface area contributed by atoms with E-state index in [0.29, 0.717) is 0 Å². The van der Waals surface area contributed by atoms with Crippen molar-refractivity contribution in [2.45, 2.75) is 77.0 Å². The van der Waals surface area contributed by atoms with E-state index in [1.165, 1.54) is 70.6 Å². The largest absolute Gasteiger partial charge is 0.330 e. The van der Waals surface area contributed by atoms with Gasteiger partial charge in [0.15, 0.2) is 0 Å². The molecule has 0 bridgehead atoms. The fourth-order valence-corrected chi connectivity index (χ4v) is 1.96. The Hall–Kier alpha value is -0.480. The Morgan fingerprint density at radius 3 is 1.38 bits per heavy atom. The van der Waals surface area contributed by atoms with Crippen LogP contribution in [0.5, 0.6) is 0 Å². The first-order valence-electron chi connectivity index (χ1n) is 7.05. The highest BCUT2D eigenvalue weighted by Gasteiger charge is 1.92. The van der Waals surface area contributed by atoms with Crippen LogP contribution in [-0.2, 0) is 0 Å². The second-order valence-electron chi connectivity index (χ2n) is 4.63. The lowest BCUT2D eigenvalue weighted by Gasteiger charge is -2.01. The molecule has 0 fully saturated rings. The minimum atomic E-state index is 0.859. The van der Waals surface area contributed by atoms with Crippen LogP contribution in [0.4, 0.5) is 0 Å². The Morgan fingerprint density at radius 1 is 0.625 bits per heavy atom. The first-order chi connectivity index (χ1) is 7.91. The molecule has 0 aromatic heterocycles. The summed E-state index contributed by atoms with van der Waals surface area (Å²) in [5, 5.41) is 0. The molecule has 1 nitrogen and oxygen atoms in total. The highest BCUT2D eigenvalue weighted by Crippen LogP contribution is 2.11. The van der Waals surface area contributed by atoms with Gasteiger partial charge < -0.3 is 5.73 Å². The lowest BCUT2D eigenvalue weighted by molar-refractivity contribution is 0.548. The van der Waals surface area contributed by atoms with E-state index < -0.39 is 0 Å². The van der Waals surface area contributed by atoms with Gasteiger partial charge in [0, 0.05) is 6.42 Å². The van der Waals surface area contributed by atoms with E-state index in [-0.39, 0.29) is 0 Å². The molecule has 0 unspecified atom stereocenters. The predicted octanol–water partition coefficient (Wildman–Crippen LogP) is 4.26. The predicted molar refractivity (Wildman–Crippen MR) is 73.3 cm³/mol. The van der Waals surface area contributed by atoms with Crippen LogP contribution in [-0.4, -0.2) is 6.54 Å². The normalized spacial score (nSPS) is 10.2. The van der Waals surface area contributed by atoms with Crippen molar-refractivity contribution in [3.8, 4) is 12.3 Å². The summed E-state index contributed by atoms with van der Waals surface area (Å²) in [5.41, 5.74) is 5.45. The maximum absolute atomic E-state index is 5.45. The monoisotopic (exact) mass is 223 g/mol. The summed E-state index contributed by atoms with van der Waals surface area (Å²) in [5.74, 6) is 2.69. The molecule has 0 amide bonds. The smallest absolute Gasteiger partial charge is 0.00860 e. The van der Waals surface area contributed by atoms with Gasteiger partial charge in [-0.1, -0.05) is 57.8 Å². The van der Waals surface area contributed by atoms with Gasteiger partial charge in [0.05, 0.1) is 0 Å². The summed E-state index contributed by atoms with van der Waals surface area (Å²) in [7, 11) is 0. The molecular weight excluding hydrogens is 194 g/mol. The fraction of sp³-hybridized carbons (Fsp3) is 0.867. The van der Waals surface area contributed by atoms with Crippen molar-refractivity contribution >= 4 is 0 Å². The van der Waals surface area contributed by atoms with Crippen LogP contribution < -0.4 is 5.73 Å². The van der Waals surface area contributed by atoms with Gasteiger partial charge >= 0.3 is 0 Å². The summed E-state index contributed by atoms with van der Waals surface area (Å²) >= 11 is 0. The van der Waals surface area contributed by atoms with Crippen molar-refractivity contribution in [1.82, 2.24) is 0 Å². The molecule has 0 saturated carbocycles. The molecule has 0 atom stereocenters. The van der Waals surface area contributed by atoms with Crippen LogP contribution in [0.3, 0.4) is 0 Å². The molecule has 94 valence electrons. The first-order valence-corrected chi connectivity index (χ1v) is 7.05. The topological polar surface area (TPSA) is 26.0 Å². The molecule has 0 rings (SSSR count). The van der Waals surface area contributed by atoms with Gasteiger partial charge in [-0.15, -0.1) is 12.3 Å². The van der Waals surface area contributed by atoms with Gasteiger partial charge in [-0.2, -0.15) is 0 Å². The average Bonchev–Trinajstić information content (AvgIpc) is 2.31. The molecule has 2 N–H and O–H groups in total. The first kappa shape index (κ1) is 15.5. The van der Waals surface area contributed by atoms with Crippen molar-refractivity contribution in [2.75, 3.05) is 6.54 Å². The highest BCUT2D eigenvalue weighted by atomic mass is 14.5. The Morgan fingerprint density at radius 2 is 1.00 bits per heavy atom. The van der Waals surface area contributed by atoms with E-state index in [2.05, 4.69) is 5.92 Å². The van der Waals surface area contributed by atoms with Crippen LogP contribution in [0.15, 0.2) is 0 Å². The highest BCUT2D eigenvalue weighted by molar-refractivity contribution is 4.82. The number of rotatable bonds is 12. The van der Waals surface area contributed by atoms with E-state index in [9.17, 15) is 0 Å². The second-order valence-corrected chi connectivity index (χ2v) is 4.63. The summed E-state index contributed by atoms with van der Waals surface area (Å²) < 4.78 is 0. The third-order valence-corrected chi connectivity index (χ3v) is 3.03. The maximum atomic E-state index is 5.45. The molecule has 0 aromatic rings. The summed E-state index contributed by atoms with van der Waals surface area (Å²) in [4.78, 5) is 0. The maximum Gasteiger partial charge on any atom is 0.00860 e. The zero-order valence-corrected chi connectivity index (χ0v) is 10.8. The molecule has 0 saturated heterocycles. The average molecular weight is 223 g/mol. The number of unbranched alkanes of at least 4 members (excludes halogenated alkanes) is 11. The van der Waals surface area contributed by atoms with Crippen molar-refractivity contribution in [2.24, 2.45) is 5.73 Å². The van der Waals surface area contributed by atoms with Crippen LogP contribution >= 0.6 is 0 Å². The van der Waals surface area contributed by atoms with Gasteiger partial charge in [-0.3, -0.25) is 0 Å². The van der Waals surface area contributed by atoms with Gasteiger partial charge in [-0.05, 0) is 19.4 Å². The molecule has 0 heterocycles. The van der Waals surface area contributed by atoms with Crippen LogP contribution in [0.1, 0.15) is 77.0 Å². The van der Waals surface area contributed by atoms with E-state index in [1.807, 2.05) is 0 Å². The van der Waals surface area contributed by atoms with Crippen molar-refractivity contribution < 1.29 is 0 Å². The van der Waals surface area contributed by atoms with Crippen molar-refractivity contribution in [3.63, 3.8) is 0 Å². The van der Waals surface area contributed by atoms with E-state index in [0.717, 1.165) is 13.0 Å². The minimum Gasteiger partial charge on any atom is -0.330 e. The Kier molecular flexibility index (Phi) is 14.1. The Balaban J connectivity index is 2.86. The lowest BCUT2D eigenvalue weighted by Crippen LogP contribution is -1.97. The third-order valence-electron chi connectivity index (χ3n) is 3.03. The van der Waals surface area contributed by atoms with Gasteiger partial charge in [0.1, 0.15) is 0 Å². The van der Waals surface area contributed by atoms with E-state index >= 15 is 0 Å². The number of hydrogen-bond donors (Lipinski definition) is 1. The summed E-state index contributed by atoms with van der Waals surface area (Å²) in [6.45, 7) is 0.859. The zero-order valence-electron chi connectivity index (χ0n) is 10.8. The third kappa shape index (κ3) is 13.5. The molecule has 1 heteroatoms. The second kappa shape index (κ2) is 14.5. The Bertz CT molecular complexity index is 157. The molecule has 0 radical (unpaired) electrons. The quantitative estimate of drug-likeness (QED) is 0.388. The number of terminal acetylenes is 1. The molecule has 0 aliphatic carbocycles. The van der Waals surface area contributed by atoms with E-state index in [4.69, 9.17) is 12.2 Å². The van der Waals surface area contributed by atoms with Gasteiger partial charge in [0.25, 0.3) is 0 Å². The van der Waals surface area contributed by atoms with Crippen LogP contribution in [0, 0.1) is 12.3 Å². The fourth-order valence-electron chi connectivity index (χ4n) is 1.96. The van der Waals surface area contributed by atoms with Crippen LogP contribution in [0.25, 0.3) is 0 Å².